The number of benzene rings is 1. The van der Waals surface area contributed by atoms with Gasteiger partial charge in [0.2, 0.25) is 0 Å². The molecule has 2 rings (SSSR count). The zero-order valence-corrected chi connectivity index (χ0v) is 10.6. The van der Waals surface area contributed by atoms with Gasteiger partial charge in [0.15, 0.2) is 0 Å². The Hall–Kier alpha value is -1.26. The molecule has 1 N–H and O–H groups in total. The summed E-state index contributed by atoms with van der Waals surface area (Å²) in [6.07, 6.45) is 11.5. The van der Waals surface area contributed by atoms with Crippen LogP contribution in [0.25, 0.3) is 0 Å². The van der Waals surface area contributed by atoms with Crippen LogP contribution in [0.5, 0.6) is 0 Å². The lowest BCUT2D eigenvalue weighted by Crippen LogP contribution is -2.26. The van der Waals surface area contributed by atoms with Gasteiger partial charge in [-0.25, -0.2) is 0 Å². The van der Waals surface area contributed by atoms with Crippen LogP contribution < -0.4 is 5.32 Å². The molecule has 1 aliphatic carbocycles. The summed E-state index contributed by atoms with van der Waals surface area (Å²) in [6.45, 7) is 3.06. The summed E-state index contributed by atoms with van der Waals surface area (Å²) in [7, 11) is 0. The second kappa shape index (κ2) is 5.89. The lowest BCUT2D eigenvalue weighted by molar-refractivity contribution is 0.563. The van der Waals surface area contributed by atoms with Crippen molar-refractivity contribution in [1.29, 1.82) is 0 Å². The fourth-order valence-electron chi connectivity index (χ4n) is 2.51. The third-order valence-corrected chi connectivity index (χ3v) is 3.49. The molecule has 0 bridgehead atoms. The van der Waals surface area contributed by atoms with Crippen LogP contribution in [0.15, 0.2) is 18.2 Å². The number of rotatable bonds is 5. The monoisotopic (exact) mass is 227 g/mol. The Labute approximate surface area is 105 Å². The van der Waals surface area contributed by atoms with Gasteiger partial charge in [0, 0.05) is 6.54 Å². The van der Waals surface area contributed by atoms with Crippen molar-refractivity contribution in [3.63, 3.8) is 0 Å². The standard InChI is InChI=1S/C16H21N/c1-3-6-16(4-2)17-12-13-9-10-14-7-5-8-15(14)11-13/h2,9-11,16-17H,3,5-8,12H2,1H3. The summed E-state index contributed by atoms with van der Waals surface area (Å²) in [5.74, 6) is 2.81. The molecule has 1 unspecified atom stereocenters. The van der Waals surface area contributed by atoms with Crippen molar-refractivity contribution < 1.29 is 0 Å². The van der Waals surface area contributed by atoms with Gasteiger partial charge in [0.05, 0.1) is 6.04 Å². The lowest BCUT2D eigenvalue weighted by Gasteiger charge is -2.12. The average Bonchev–Trinajstić information content (AvgIpc) is 2.81. The first-order valence-corrected chi connectivity index (χ1v) is 6.63. The Morgan fingerprint density at radius 2 is 2.18 bits per heavy atom. The van der Waals surface area contributed by atoms with Crippen LogP contribution in [0.3, 0.4) is 0 Å². The fraction of sp³-hybridized carbons (Fsp3) is 0.500. The molecule has 0 spiro atoms. The van der Waals surface area contributed by atoms with Crippen LogP contribution >= 0.6 is 0 Å². The predicted octanol–water partition coefficient (Wildman–Crippen LogP) is 3.07. The second-order valence-electron chi connectivity index (χ2n) is 4.85. The molecule has 0 aliphatic heterocycles. The molecule has 0 fully saturated rings. The van der Waals surface area contributed by atoms with Crippen molar-refractivity contribution in [3.05, 3.63) is 34.9 Å². The Bertz CT molecular complexity index is 414. The third-order valence-electron chi connectivity index (χ3n) is 3.49. The Kier molecular flexibility index (Phi) is 4.23. The molecule has 1 aliphatic rings. The molecule has 0 saturated carbocycles. The summed E-state index contributed by atoms with van der Waals surface area (Å²) in [6, 6.07) is 7.07. The van der Waals surface area contributed by atoms with E-state index >= 15 is 0 Å². The largest absolute Gasteiger partial charge is 0.300 e. The molecule has 1 aromatic rings. The minimum atomic E-state index is 0.216. The number of fused-ring (bicyclic) bond motifs is 1. The fourth-order valence-corrected chi connectivity index (χ4v) is 2.51. The van der Waals surface area contributed by atoms with E-state index in [2.05, 4.69) is 36.4 Å². The van der Waals surface area contributed by atoms with Crippen molar-refractivity contribution in [2.24, 2.45) is 0 Å². The van der Waals surface area contributed by atoms with Crippen LogP contribution in [0.1, 0.15) is 42.9 Å². The normalized spacial score (nSPS) is 15.3. The third kappa shape index (κ3) is 3.11. The Morgan fingerprint density at radius 1 is 1.35 bits per heavy atom. The van der Waals surface area contributed by atoms with Crippen molar-refractivity contribution >= 4 is 0 Å². The highest BCUT2D eigenvalue weighted by Crippen LogP contribution is 2.22. The number of terminal acetylenes is 1. The Morgan fingerprint density at radius 3 is 2.94 bits per heavy atom. The van der Waals surface area contributed by atoms with E-state index < -0.39 is 0 Å². The molecule has 0 heterocycles. The second-order valence-corrected chi connectivity index (χ2v) is 4.85. The quantitative estimate of drug-likeness (QED) is 0.762. The lowest BCUT2D eigenvalue weighted by atomic mass is 10.1. The highest BCUT2D eigenvalue weighted by molar-refractivity contribution is 5.35. The molecule has 1 atom stereocenters. The summed E-state index contributed by atoms with van der Waals surface area (Å²) in [5.41, 5.74) is 4.44. The highest BCUT2D eigenvalue weighted by atomic mass is 14.9. The molecule has 1 aromatic carbocycles. The molecule has 0 saturated heterocycles. The zero-order chi connectivity index (χ0) is 12.1. The van der Waals surface area contributed by atoms with Gasteiger partial charge in [-0.2, -0.15) is 0 Å². The van der Waals surface area contributed by atoms with Gasteiger partial charge in [-0.05, 0) is 42.4 Å². The number of nitrogens with one attached hydrogen (secondary N) is 1. The van der Waals surface area contributed by atoms with E-state index in [1.54, 1.807) is 0 Å². The van der Waals surface area contributed by atoms with E-state index in [1.807, 2.05) is 0 Å². The van der Waals surface area contributed by atoms with Gasteiger partial charge in [-0.15, -0.1) is 6.42 Å². The van der Waals surface area contributed by atoms with E-state index in [0.29, 0.717) is 0 Å². The number of aryl methyl sites for hydroxylation is 2. The zero-order valence-electron chi connectivity index (χ0n) is 10.6. The Balaban J connectivity index is 1.93. The van der Waals surface area contributed by atoms with Crippen LogP contribution in [-0.4, -0.2) is 6.04 Å². The van der Waals surface area contributed by atoms with Crippen LogP contribution in [0.2, 0.25) is 0 Å². The molecular formula is C16H21N. The van der Waals surface area contributed by atoms with Gasteiger partial charge in [-0.1, -0.05) is 37.5 Å². The van der Waals surface area contributed by atoms with Gasteiger partial charge in [0.25, 0.3) is 0 Å². The van der Waals surface area contributed by atoms with E-state index in [9.17, 15) is 0 Å². The molecule has 17 heavy (non-hydrogen) atoms. The summed E-state index contributed by atoms with van der Waals surface area (Å²) in [5, 5.41) is 3.44. The van der Waals surface area contributed by atoms with E-state index in [4.69, 9.17) is 6.42 Å². The summed E-state index contributed by atoms with van der Waals surface area (Å²) >= 11 is 0. The minimum absolute atomic E-state index is 0.216. The van der Waals surface area contributed by atoms with Crippen LogP contribution in [0.4, 0.5) is 0 Å². The van der Waals surface area contributed by atoms with Crippen molar-refractivity contribution in [3.8, 4) is 12.3 Å². The predicted molar refractivity (Wildman–Crippen MR) is 72.8 cm³/mol. The molecular weight excluding hydrogens is 206 g/mol. The van der Waals surface area contributed by atoms with Crippen LogP contribution in [-0.2, 0) is 19.4 Å². The first kappa shape index (κ1) is 12.2. The maximum absolute atomic E-state index is 5.50. The van der Waals surface area contributed by atoms with Gasteiger partial charge >= 0.3 is 0 Å². The number of hydrogen-bond acceptors (Lipinski definition) is 1. The van der Waals surface area contributed by atoms with Crippen molar-refractivity contribution in [2.75, 3.05) is 0 Å². The van der Waals surface area contributed by atoms with Gasteiger partial charge in [-0.3, -0.25) is 5.32 Å². The molecule has 1 heteroatoms. The first-order valence-electron chi connectivity index (χ1n) is 6.63. The van der Waals surface area contributed by atoms with Gasteiger partial charge in [0.1, 0.15) is 0 Å². The molecule has 0 amide bonds. The van der Waals surface area contributed by atoms with Gasteiger partial charge < -0.3 is 0 Å². The molecule has 0 radical (unpaired) electrons. The van der Waals surface area contributed by atoms with Crippen molar-refractivity contribution in [2.45, 2.75) is 51.6 Å². The molecule has 0 aromatic heterocycles. The SMILES string of the molecule is C#CC(CCC)NCc1ccc2c(c1)CCC2. The van der Waals surface area contributed by atoms with E-state index in [0.717, 1.165) is 19.4 Å². The van der Waals surface area contributed by atoms with Crippen LogP contribution in [0, 0.1) is 12.3 Å². The van der Waals surface area contributed by atoms with Crippen molar-refractivity contribution in [1.82, 2.24) is 5.32 Å². The first-order chi connectivity index (χ1) is 8.33. The van der Waals surface area contributed by atoms with E-state index in [1.165, 1.54) is 36.0 Å². The average molecular weight is 227 g/mol. The maximum atomic E-state index is 5.50. The minimum Gasteiger partial charge on any atom is -0.300 e. The smallest absolute Gasteiger partial charge is 0.0689 e. The summed E-state index contributed by atoms with van der Waals surface area (Å²) < 4.78 is 0. The maximum Gasteiger partial charge on any atom is 0.0689 e. The highest BCUT2D eigenvalue weighted by Gasteiger charge is 2.11. The number of hydrogen-bond donors (Lipinski definition) is 1. The molecule has 1 nitrogen and oxygen atoms in total. The van der Waals surface area contributed by atoms with E-state index in [-0.39, 0.29) is 6.04 Å². The topological polar surface area (TPSA) is 12.0 Å². The molecule has 90 valence electrons. The summed E-state index contributed by atoms with van der Waals surface area (Å²) in [4.78, 5) is 0.